The molecule has 0 amide bonds. The van der Waals surface area contributed by atoms with Crippen molar-refractivity contribution in [3.8, 4) is 0 Å². The number of hydrogen-bond donors (Lipinski definition) is 2. The summed E-state index contributed by atoms with van der Waals surface area (Å²) in [6.07, 6.45) is 7.22. The fourth-order valence-corrected chi connectivity index (χ4v) is 1.80. The maximum absolute atomic E-state index is 5.27. The normalized spacial score (nSPS) is 11.2. The highest BCUT2D eigenvalue weighted by Gasteiger charge is 2.10. The standard InChI is InChI=1S/C13H25N5/c1-4-5-6-7-18(11(2)3)10-12-8-16-13(17-14)9-15-12/h8-9,11H,4-7,10,14H2,1-3H3,(H,16,17). The first-order valence-corrected chi connectivity index (χ1v) is 6.69. The van der Waals surface area contributed by atoms with Gasteiger partial charge in [0.15, 0.2) is 5.82 Å². The maximum Gasteiger partial charge on any atom is 0.158 e. The van der Waals surface area contributed by atoms with E-state index >= 15 is 0 Å². The molecule has 5 heteroatoms. The summed E-state index contributed by atoms with van der Waals surface area (Å²) >= 11 is 0. The largest absolute Gasteiger partial charge is 0.307 e. The predicted molar refractivity (Wildman–Crippen MR) is 74.9 cm³/mol. The third-order valence-corrected chi connectivity index (χ3v) is 3.00. The van der Waals surface area contributed by atoms with E-state index in [1.165, 1.54) is 19.3 Å². The van der Waals surface area contributed by atoms with E-state index in [-0.39, 0.29) is 0 Å². The Kier molecular flexibility index (Phi) is 6.60. The molecule has 0 unspecified atom stereocenters. The van der Waals surface area contributed by atoms with Crippen LogP contribution in [0.1, 0.15) is 45.7 Å². The molecule has 5 nitrogen and oxygen atoms in total. The van der Waals surface area contributed by atoms with Crippen LogP contribution in [-0.2, 0) is 6.54 Å². The minimum Gasteiger partial charge on any atom is -0.307 e. The Bertz CT molecular complexity index is 323. The minimum absolute atomic E-state index is 0.524. The van der Waals surface area contributed by atoms with E-state index in [0.717, 1.165) is 18.8 Å². The van der Waals surface area contributed by atoms with Crippen LogP contribution in [0.25, 0.3) is 0 Å². The van der Waals surface area contributed by atoms with Gasteiger partial charge in [-0.3, -0.25) is 9.88 Å². The van der Waals surface area contributed by atoms with Crippen LogP contribution in [0.3, 0.4) is 0 Å². The smallest absolute Gasteiger partial charge is 0.158 e. The number of nitrogens with two attached hydrogens (primary N) is 1. The van der Waals surface area contributed by atoms with Crippen molar-refractivity contribution >= 4 is 5.82 Å². The topological polar surface area (TPSA) is 67.1 Å². The number of hydrogen-bond acceptors (Lipinski definition) is 5. The van der Waals surface area contributed by atoms with Gasteiger partial charge in [-0.05, 0) is 26.8 Å². The Morgan fingerprint density at radius 2 is 2.06 bits per heavy atom. The van der Waals surface area contributed by atoms with Crippen LogP contribution in [-0.4, -0.2) is 27.5 Å². The van der Waals surface area contributed by atoms with Gasteiger partial charge in [-0.25, -0.2) is 10.8 Å². The Labute approximate surface area is 110 Å². The van der Waals surface area contributed by atoms with Gasteiger partial charge in [-0.2, -0.15) is 0 Å². The highest BCUT2D eigenvalue weighted by atomic mass is 15.3. The average molecular weight is 251 g/mol. The first-order valence-electron chi connectivity index (χ1n) is 6.69. The highest BCUT2D eigenvalue weighted by molar-refractivity contribution is 5.28. The first kappa shape index (κ1) is 14.9. The van der Waals surface area contributed by atoms with Gasteiger partial charge in [0.1, 0.15) is 0 Å². The van der Waals surface area contributed by atoms with Gasteiger partial charge in [0, 0.05) is 12.6 Å². The average Bonchev–Trinajstić information content (AvgIpc) is 2.38. The zero-order chi connectivity index (χ0) is 13.4. The molecule has 0 aliphatic carbocycles. The fourth-order valence-electron chi connectivity index (χ4n) is 1.80. The number of rotatable bonds is 8. The Morgan fingerprint density at radius 1 is 1.28 bits per heavy atom. The van der Waals surface area contributed by atoms with Crippen molar-refractivity contribution in [2.45, 2.75) is 52.6 Å². The summed E-state index contributed by atoms with van der Waals surface area (Å²) in [5.74, 6) is 5.87. The summed E-state index contributed by atoms with van der Waals surface area (Å²) in [4.78, 5) is 11.0. The van der Waals surface area contributed by atoms with Gasteiger partial charge < -0.3 is 5.43 Å². The van der Waals surface area contributed by atoms with E-state index in [1.54, 1.807) is 12.4 Å². The fraction of sp³-hybridized carbons (Fsp3) is 0.692. The summed E-state index contributed by atoms with van der Waals surface area (Å²) in [6, 6.07) is 0.524. The zero-order valence-electron chi connectivity index (χ0n) is 11.7. The van der Waals surface area contributed by atoms with E-state index in [0.29, 0.717) is 11.9 Å². The molecule has 0 radical (unpaired) electrons. The van der Waals surface area contributed by atoms with Crippen LogP contribution in [0.4, 0.5) is 5.82 Å². The van der Waals surface area contributed by atoms with Crippen LogP contribution in [0.5, 0.6) is 0 Å². The summed E-state index contributed by atoms with van der Waals surface area (Å²) < 4.78 is 0. The van der Waals surface area contributed by atoms with E-state index in [9.17, 15) is 0 Å². The minimum atomic E-state index is 0.524. The van der Waals surface area contributed by atoms with Gasteiger partial charge in [-0.1, -0.05) is 19.8 Å². The molecule has 0 spiro atoms. The van der Waals surface area contributed by atoms with Crippen LogP contribution in [0.2, 0.25) is 0 Å². The summed E-state index contributed by atoms with van der Waals surface area (Å²) in [5, 5.41) is 0. The van der Waals surface area contributed by atoms with Crippen LogP contribution in [0.15, 0.2) is 12.4 Å². The molecule has 0 fully saturated rings. The van der Waals surface area contributed by atoms with Gasteiger partial charge in [-0.15, -0.1) is 0 Å². The third-order valence-electron chi connectivity index (χ3n) is 3.00. The van der Waals surface area contributed by atoms with Crippen LogP contribution >= 0.6 is 0 Å². The molecule has 0 aliphatic heterocycles. The molecule has 0 aliphatic rings. The van der Waals surface area contributed by atoms with Crippen molar-refractivity contribution in [1.29, 1.82) is 0 Å². The SMILES string of the molecule is CCCCCN(Cc1cnc(NN)cn1)C(C)C. The molecule has 0 saturated heterocycles. The second-order valence-electron chi connectivity index (χ2n) is 4.81. The molecule has 3 N–H and O–H groups in total. The lowest BCUT2D eigenvalue weighted by Crippen LogP contribution is -2.31. The molecule has 102 valence electrons. The number of nitrogen functional groups attached to an aromatic ring is 1. The number of anilines is 1. The molecule has 1 rings (SSSR count). The number of unbranched alkanes of at least 4 members (excludes halogenated alkanes) is 2. The lowest BCUT2D eigenvalue weighted by Gasteiger charge is -2.25. The molecule has 0 bridgehead atoms. The zero-order valence-corrected chi connectivity index (χ0v) is 11.7. The monoisotopic (exact) mass is 251 g/mol. The van der Waals surface area contributed by atoms with E-state index in [4.69, 9.17) is 5.84 Å². The maximum atomic E-state index is 5.27. The van der Waals surface area contributed by atoms with E-state index in [1.807, 2.05) is 0 Å². The Morgan fingerprint density at radius 3 is 2.56 bits per heavy atom. The second-order valence-corrected chi connectivity index (χ2v) is 4.81. The predicted octanol–water partition coefficient (Wildman–Crippen LogP) is 2.16. The number of aromatic nitrogens is 2. The van der Waals surface area contributed by atoms with Crippen molar-refractivity contribution in [3.05, 3.63) is 18.1 Å². The van der Waals surface area contributed by atoms with E-state index in [2.05, 4.69) is 41.1 Å². The Hall–Kier alpha value is -1.20. The summed E-state index contributed by atoms with van der Waals surface area (Å²) in [6.45, 7) is 8.62. The van der Waals surface area contributed by atoms with Crippen molar-refractivity contribution in [1.82, 2.24) is 14.9 Å². The van der Waals surface area contributed by atoms with E-state index < -0.39 is 0 Å². The van der Waals surface area contributed by atoms with Gasteiger partial charge in [0.25, 0.3) is 0 Å². The molecule has 1 aromatic rings. The number of nitrogens with zero attached hydrogens (tertiary/aromatic N) is 3. The van der Waals surface area contributed by atoms with Crippen molar-refractivity contribution in [2.24, 2.45) is 5.84 Å². The summed E-state index contributed by atoms with van der Waals surface area (Å²) in [5.41, 5.74) is 3.47. The van der Waals surface area contributed by atoms with Crippen molar-refractivity contribution < 1.29 is 0 Å². The van der Waals surface area contributed by atoms with Crippen LogP contribution < -0.4 is 11.3 Å². The Balaban J connectivity index is 2.53. The lowest BCUT2D eigenvalue weighted by molar-refractivity contribution is 0.206. The van der Waals surface area contributed by atoms with Gasteiger partial charge >= 0.3 is 0 Å². The summed E-state index contributed by atoms with van der Waals surface area (Å²) in [7, 11) is 0. The third kappa shape index (κ3) is 4.98. The lowest BCUT2D eigenvalue weighted by atomic mass is 10.2. The number of hydrazine groups is 1. The van der Waals surface area contributed by atoms with Crippen molar-refractivity contribution in [3.63, 3.8) is 0 Å². The molecular weight excluding hydrogens is 226 g/mol. The molecule has 0 aromatic carbocycles. The first-order chi connectivity index (χ1) is 8.67. The number of nitrogens with one attached hydrogen (secondary N) is 1. The van der Waals surface area contributed by atoms with Crippen LogP contribution in [0, 0.1) is 0 Å². The van der Waals surface area contributed by atoms with Gasteiger partial charge in [0.2, 0.25) is 0 Å². The molecular formula is C13H25N5. The highest BCUT2D eigenvalue weighted by Crippen LogP contribution is 2.09. The molecule has 1 heterocycles. The molecule has 0 saturated carbocycles. The quantitative estimate of drug-likeness (QED) is 0.421. The second kappa shape index (κ2) is 8.00. The molecule has 0 atom stereocenters. The van der Waals surface area contributed by atoms with Crippen molar-refractivity contribution in [2.75, 3.05) is 12.0 Å². The molecule has 18 heavy (non-hydrogen) atoms. The van der Waals surface area contributed by atoms with Gasteiger partial charge in [0.05, 0.1) is 18.1 Å². The molecule has 1 aromatic heterocycles.